The first kappa shape index (κ1) is 18.5. The molecule has 1 atom stereocenters. The molecule has 0 aromatic heterocycles. The molecule has 1 nitrogen and oxygen atoms in total. The smallest absolute Gasteiger partial charge is 0.0790 e. The van der Waals surface area contributed by atoms with Crippen LogP contribution in [0.1, 0.15) is 89.2 Å². The van der Waals surface area contributed by atoms with Gasteiger partial charge in [0.05, 0.1) is 6.10 Å². The van der Waals surface area contributed by atoms with Gasteiger partial charge in [0, 0.05) is 5.02 Å². The van der Waals surface area contributed by atoms with E-state index in [-0.39, 0.29) is 6.10 Å². The molecule has 0 spiro atoms. The van der Waals surface area contributed by atoms with Crippen molar-refractivity contribution >= 4 is 11.6 Å². The standard InChI is InChI=1S/C19H31ClO/c1-2-3-4-5-6-7-8-9-10-11-12-19(21)17-13-15-18(20)16-14-17/h13-16,19,21H,2-12H2,1H3/t19-/m1/s1. The summed E-state index contributed by atoms with van der Waals surface area (Å²) in [6.07, 6.45) is 13.8. The Morgan fingerprint density at radius 3 is 1.81 bits per heavy atom. The zero-order valence-electron chi connectivity index (χ0n) is 13.5. The van der Waals surface area contributed by atoms with Crippen molar-refractivity contribution in [3.8, 4) is 0 Å². The van der Waals surface area contributed by atoms with E-state index >= 15 is 0 Å². The van der Waals surface area contributed by atoms with Gasteiger partial charge in [-0.1, -0.05) is 94.9 Å². The summed E-state index contributed by atoms with van der Waals surface area (Å²) in [5, 5.41) is 10.8. The van der Waals surface area contributed by atoms with E-state index in [2.05, 4.69) is 6.92 Å². The van der Waals surface area contributed by atoms with Crippen LogP contribution in [0.3, 0.4) is 0 Å². The number of halogens is 1. The van der Waals surface area contributed by atoms with Crippen LogP contribution >= 0.6 is 11.6 Å². The zero-order chi connectivity index (χ0) is 15.3. The highest BCUT2D eigenvalue weighted by Gasteiger charge is 2.06. The van der Waals surface area contributed by atoms with Crippen LogP contribution in [0.5, 0.6) is 0 Å². The predicted molar refractivity (Wildman–Crippen MR) is 92.9 cm³/mol. The Morgan fingerprint density at radius 1 is 0.810 bits per heavy atom. The van der Waals surface area contributed by atoms with Crippen molar-refractivity contribution in [1.29, 1.82) is 0 Å². The van der Waals surface area contributed by atoms with Crippen molar-refractivity contribution in [2.45, 2.75) is 83.7 Å². The molecule has 0 radical (unpaired) electrons. The second kappa shape index (κ2) is 12.1. The van der Waals surface area contributed by atoms with Gasteiger partial charge < -0.3 is 5.11 Å². The lowest BCUT2D eigenvalue weighted by atomic mass is 10.0. The molecule has 0 unspecified atom stereocenters. The fraction of sp³-hybridized carbons (Fsp3) is 0.684. The molecule has 1 N–H and O–H groups in total. The molecular formula is C19H31ClO. The maximum Gasteiger partial charge on any atom is 0.0790 e. The van der Waals surface area contributed by atoms with Crippen LogP contribution in [0.4, 0.5) is 0 Å². The molecule has 0 bridgehead atoms. The van der Waals surface area contributed by atoms with E-state index in [0.717, 1.165) is 23.4 Å². The molecule has 0 fully saturated rings. The summed E-state index contributed by atoms with van der Waals surface area (Å²) in [6, 6.07) is 7.53. The average Bonchev–Trinajstić information content (AvgIpc) is 2.49. The molecule has 1 aromatic carbocycles. The Kier molecular flexibility index (Phi) is 10.6. The van der Waals surface area contributed by atoms with Gasteiger partial charge >= 0.3 is 0 Å². The summed E-state index contributed by atoms with van der Waals surface area (Å²) in [4.78, 5) is 0. The van der Waals surface area contributed by atoms with Gasteiger partial charge in [-0.2, -0.15) is 0 Å². The van der Waals surface area contributed by atoms with Crippen LogP contribution in [0, 0.1) is 0 Å². The molecule has 0 aliphatic carbocycles. The highest BCUT2D eigenvalue weighted by Crippen LogP contribution is 2.22. The fourth-order valence-corrected chi connectivity index (χ4v) is 2.80. The third-order valence-corrected chi connectivity index (χ3v) is 4.34. The van der Waals surface area contributed by atoms with Gasteiger partial charge in [0.15, 0.2) is 0 Å². The van der Waals surface area contributed by atoms with Crippen LogP contribution in [-0.4, -0.2) is 5.11 Å². The van der Waals surface area contributed by atoms with Gasteiger partial charge in [-0.05, 0) is 24.1 Å². The minimum atomic E-state index is -0.337. The maximum atomic E-state index is 10.1. The van der Waals surface area contributed by atoms with Crippen LogP contribution in [0.15, 0.2) is 24.3 Å². The molecule has 0 saturated carbocycles. The van der Waals surface area contributed by atoms with E-state index in [1.165, 1.54) is 57.8 Å². The van der Waals surface area contributed by atoms with Crippen molar-refractivity contribution in [2.75, 3.05) is 0 Å². The van der Waals surface area contributed by atoms with Gasteiger partial charge in [0.1, 0.15) is 0 Å². The lowest BCUT2D eigenvalue weighted by Crippen LogP contribution is -1.97. The van der Waals surface area contributed by atoms with Crippen molar-refractivity contribution < 1.29 is 5.11 Å². The van der Waals surface area contributed by atoms with E-state index in [0.29, 0.717) is 0 Å². The van der Waals surface area contributed by atoms with Crippen molar-refractivity contribution in [2.24, 2.45) is 0 Å². The van der Waals surface area contributed by atoms with Crippen molar-refractivity contribution in [3.63, 3.8) is 0 Å². The molecule has 120 valence electrons. The van der Waals surface area contributed by atoms with Crippen LogP contribution in [0.25, 0.3) is 0 Å². The van der Waals surface area contributed by atoms with E-state index < -0.39 is 0 Å². The average molecular weight is 311 g/mol. The highest BCUT2D eigenvalue weighted by atomic mass is 35.5. The Morgan fingerprint density at radius 2 is 1.29 bits per heavy atom. The van der Waals surface area contributed by atoms with Gasteiger partial charge in [-0.3, -0.25) is 0 Å². The molecule has 1 aromatic rings. The molecule has 0 aliphatic heterocycles. The quantitative estimate of drug-likeness (QED) is 0.427. The lowest BCUT2D eigenvalue weighted by molar-refractivity contribution is 0.163. The summed E-state index contributed by atoms with van der Waals surface area (Å²) < 4.78 is 0. The zero-order valence-corrected chi connectivity index (χ0v) is 14.2. The summed E-state index contributed by atoms with van der Waals surface area (Å²) in [5.41, 5.74) is 0.982. The van der Waals surface area contributed by atoms with E-state index in [1.54, 1.807) is 0 Å². The molecule has 0 heterocycles. The van der Waals surface area contributed by atoms with E-state index in [1.807, 2.05) is 24.3 Å². The second-order valence-corrected chi connectivity index (χ2v) is 6.47. The number of hydrogen-bond acceptors (Lipinski definition) is 1. The van der Waals surface area contributed by atoms with Crippen molar-refractivity contribution in [3.05, 3.63) is 34.9 Å². The largest absolute Gasteiger partial charge is 0.388 e. The highest BCUT2D eigenvalue weighted by molar-refractivity contribution is 6.30. The SMILES string of the molecule is CCCCCCCCCCCC[C@@H](O)c1ccc(Cl)cc1. The molecule has 0 amide bonds. The Hall–Kier alpha value is -0.530. The lowest BCUT2D eigenvalue weighted by Gasteiger charge is -2.10. The topological polar surface area (TPSA) is 20.2 Å². The van der Waals surface area contributed by atoms with E-state index in [4.69, 9.17) is 11.6 Å². The number of benzene rings is 1. The van der Waals surface area contributed by atoms with Gasteiger partial charge in [0.2, 0.25) is 0 Å². The normalized spacial score (nSPS) is 12.5. The summed E-state index contributed by atoms with van der Waals surface area (Å²) in [7, 11) is 0. The summed E-state index contributed by atoms with van der Waals surface area (Å²) in [6.45, 7) is 2.26. The second-order valence-electron chi connectivity index (χ2n) is 6.04. The Bertz CT molecular complexity index is 347. The monoisotopic (exact) mass is 310 g/mol. The van der Waals surface area contributed by atoms with Gasteiger partial charge in [0.25, 0.3) is 0 Å². The van der Waals surface area contributed by atoms with Crippen LogP contribution in [0.2, 0.25) is 5.02 Å². The first-order valence-electron chi connectivity index (χ1n) is 8.67. The van der Waals surface area contributed by atoms with Crippen molar-refractivity contribution in [1.82, 2.24) is 0 Å². The number of unbranched alkanes of at least 4 members (excludes halogenated alkanes) is 9. The molecule has 2 heteroatoms. The molecule has 21 heavy (non-hydrogen) atoms. The Labute approximate surface area is 135 Å². The van der Waals surface area contributed by atoms with Gasteiger partial charge in [-0.15, -0.1) is 0 Å². The first-order valence-corrected chi connectivity index (χ1v) is 9.05. The third-order valence-electron chi connectivity index (χ3n) is 4.09. The number of aliphatic hydroxyl groups excluding tert-OH is 1. The maximum absolute atomic E-state index is 10.1. The predicted octanol–water partition coefficient (Wildman–Crippen LogP) is 6.68. The third kappa shape index (κ3) is 9.16. The first-order chi connectivity index (χ1) is 10.2. The minimum absolute atomic E-state index is 0.337. The van der Waals surface area contributed by atoms with Crippen LogP contribution < -0.4 is 0 Å². The molecule has 0 saturated heterocycles. The minimum Gasteiger partial charge on any atom is -0.388 e. The molecule has 0 aliphatic rings. The fourth-order valence-electron chi connectivity index (χ4n) is 2.68. The number of rotatable bonds is 12. The molecular weight excluding hydrogens is 280 g/mol. The summed E-state index contributed by atoms with van der Waals surface area (Å²) >= 11 is 5.85. The summed E-state index contributed by atoms with van der Waals surface area (Å²) in [5.74, 6) is 0. The Balaban J connectivity index is 1.95. The number of hydrogen-bond donors (Lipinski definition) is 1. The van der Waals surface area contributed by atoms with E-state index in [9.17, 15) is 5.11 Å². The van der Waals surface area contributed by atoms with Gasteiger partial charge in [-0.25, -0.2) is 0 Å². The molecule has 1 rings (SSSR count). The number of aliphatic hydroxyl groups is 1. The van der Waals surface area contributed by atoms with Crippen LogP contribution in [-0.2, 0) is 0 Å².